The normalized spacial score (nSPS) is 16.5. The molecule has 0 aliphatic carbocycles. The summed E-state index contributed by atoms with van der Waals surface area (Å²) >= 11 is 6.11. The first-order valence-corrected chi connectivity index (χ1v) is 9.32. The van der Waals surface area contributed by atoms with Gasteiger partial charge in [-0.1, -0.05) is 41.9 Å². The number of methoxy groups -OCH3 is 1. The highest BCUT2D eigenvalue weighted by molar-refractivity contribution is 6.31. The van der Waals surface area contributed by atoms with Gasteiger partial charge in [0.1, 0.15) is 5.75 Å². The average molecular weight is 387 g/mol. The van der Waals surface area contributed by atoms with E-state index in [1.54, 1.807) is 17.0 Å². The Balaban J connectivity index is 1.61. The van der Waals surface area contributed by atoms with Gasteiger partial charge < -0.3 is 15.0 Å². The molecule has 1 saturated heterocycles. The summed E-state index contributed by atoms with van der Waals surface area (Å²) in [6, 6.07) is 13.5. The third-order valence-electron chi connectivity index (χ3n) is 4.84. The number of hydrogen-bond donors (Lipinski definition) is 1. The van der Waals surface area contributed by atoms with Gasteiger partial charge in [-0.3, -0.25) is 9.59 Å². The Morgan fingerprint density at radius 2 is 2.04 bits per heavy atom. The minimum atomic E-state index is -0.367. The quantitative estimate of drug-likeness (QED) is 0.823. The van der Waals surface area contributed by atoms with Crippen molar-refractivity contribution in [2.24, 2.45) is 5.92 Å². The van der Waals surface area contributed by atoms with Crippen molar-refractivity contribution in [2.45, 2.75) is 19.8 Å². The molecule has 142 valence electrons. The summed E-state index contributed by atoms with van der Waals surface area (Å²) in [4.78, 5) is 26.7. The fraction of sp³-hybridized carbons (Fsp3) is 0.333. The van der Waals surface area contributed by atoms with Crippen LogP contribution in [0.1, 0.15) is 17.5 Å². The maximum Gasteiger partial charge on any atom is 0.229 e. The standard InChI is InChI=1S/C21H23ClN2O3/c1-14-10-18(19(27-2)12-17(14)22)23-21(26)16-11-20(25)24(13-16)9-8-15-6-4-3-5-7-15/h3-7,10,12,16H,8-9,11,13H2,1-2H3,(H,23,26). The molecule has 1 N–H and O–H groups in total. The second-order valence-corrected chi connectivity index (χ2v) is 7.17. The minimum Gasteiger partial charge on any atom is -0.495 e. The van der Waals surface area contributed by atoms with Crippen molar-refractivity contribution in [1.82, 2.24) is 4.90 Å². The van der Waals surface area contributed by atoms with E-state index in [2.05, 4.69) is 5.32 Å². The van der Waals surface area contributed by atoms with E-state index < -0.39 is 0 Å². The summed E-state index contributed by atoms with van der Waals surface area (Å²) in [6.07, 6.45) is 1.01. The third kappa shape index (κ3) is 4.61. The average Bonchev–Trinajstić information content (AvgIpc) is 3.04. The van der Waals surface area contributed by atoms with Crippen LogP contribution in [-0.4, -0.2) is 36.9 Å². The predicted molar refractivity (Wildman–Crippen MR) is 106 cm³/mol. The first kappa shape index (κ1) is 19.2. The molecule has 5 nitrogen and oxygen atoms in total. The molecule has 1 atom stereocenters. The van der Waals surface area contributed by atoms with Crippen LogP contribution in [0.4, 0.5) is 5.69 Å². The van der Waals surface area contributed by atoms with Crippen LogP contribution in [0.25, 0.3) is 0 Å². The zero-order valence-electron chi connectivity index (χ0n) is 15.5. The zero-order chi connectivity index (χ0) is 19.4. The Labute approximate surface area is 164 Å². The molecular weight excluding hydrogens is 364 g/mol. The van der Waals surface area contributed by atoms with E-state index >= 15 is 0 Å². The molecule has 2 aromatic carbocycles. The molecule has 0 bridgehead atoms. The Morgan fingerprint density at radius 3 is 2.74 bits per heavy atom. The topological polar surface area (TPSA) is 58.6 Å². The fourth-order valence-electron chi connectivity index (χ4n) is 3.24. The molecule has 0 saturated carbocycles. The van der Waals surface area contributed by atoms with Gasteiger partial charge in [0.2, 0.25) is 11.8 Å². The highest BCUT2D eigenvalue weighted by atomic mass is 35.5. The van der Waals surface area contributed by atoms with E-state index in [0.29, 0.717) is 29.5 Å². The van der Waals surface area contributed by atoms with Gasteiger partial charge in [-0.15, -0.1) is 0 Å². The molecule has 1 aliphatic heterocycles. The number of nitrogens with one attached hydrogen (secondary N) is 1. The lowest BCUT2D eigenvalue weighted by Gasteiger charge is -2.17. The molecule has 0 aromatic heterocycles. The van der Waals surface area contributed by atoms with E-state index in [1.807, 2.05) is 37.3 Å². The van der Waals surface area contributed by atoms with Crippen molar-refractivity contribution >= 4 is 29.1 Å². The molecule has 2 aromatic rings. The molecule has 27 heavy (non-hydrogen) atoms. The number of likely N-dealkylation sites (tertiary alicyclic amines) is 1. The van der Waals surface area contributed by atoms with Gasteiger partial charge in [-0.2, -0.15) is 0 Å². The van der Waals surface area contributed by atoms with E-state index in [9.17, 15) is 9.59 Å². The lowest BCUT2D eigenvalue weighted by molar-refractivity contribution is -0.128. The van der Waals surface area contributed by atoms with E-state index in [0.717, 1.165) is 12.0 Å². The maximum atomic E-state index is 12.7. The van der Waals surface area contributed by atoms with E-state index in [4.69, 9.17) is 16.3 Å². The summed E-state index contributed by atoms with van der Waals surface area (Å²) in [7, 11) is 1.53. The van der Waals surface area contributed by atoms with Crippen LogP contribution in [0.15, 0.2) is 42.5 Å². The van der Waals surface area contributed by atoms with Crippen LogP contribution < -0.4 is 10.1 Å². The smallest absolute Gasteiger partial charge is 0.229 e. The number of ether oxygens (including phenoxy) is 1. The number of rotatable bonds is 6. The number of benzene rings is 2. The van der Waals surface area contributed by atoms with E-state index in [1.165, 1.54) is 12.7 Å². The predicted octanol–water partition coefficient (Wildman–Crippen LogP) is 3.69. The second-order valence-electron chi connectivity index (χ2n) is 6.77. The zero-order valence-corrected chi connectivity index (χ0v) is 16.3. The number of carbonyl (C=O) groups is 2. The lowest BCUT2D eigenvalue weighted by atomic mass is 10.1. The van der Waals surface area contributed by atoms with Crippen LogP contribution in [0, 0.1) is 12.8 Å². The third-order valence-corrected chi connectivity index (χ3v) is 5.24. The molecular formula is C21H23ClN2O3. The van der Waals surface area contributed by atoms with Gasteiger partial charge in [0.15, 0.2) is 0 Å². The number of hydrogen-bond acceptors (Lipinski definition) is 3. The number of amides is 2. The van der Waals surface area contributed by atoms with Crippen LogP contribution in [0.5, 0.6) is 5.75 Å². The molecule has 3 rings (SSSR count). The molecule has 1 fully saturated rings. The number of nitrogens with zero attached hydrogens (tertiary/aromatic N) is 1. The van der Waals surface area contributed by atoms with Gasteiger partial charge in [-0.25, -0.2) is 0 Å². The maximum absolute atomic E-state index is 12.7. The van der Waals surface area contributed by atoms with Crippen molar-refractivity contribution in [2.75, 3.05) is 25.5 Å². The number of aryl methyl sites for hydroxylation is 1. The molecule has 2 amide bonds. The number of anilines is 1. The van der Waals surface area contributed by atoms with Crippen molar-refractivity contribution in [1.29, 1.82) is 0 Å². The number of carbonyl (C=O) groups excluding carboxylic acids is 2. The van der Waals surface area contributed by atoms with Gasteiger partial charge in [0, 0.05) is 30.6 Å². The summed E-state index contributed by atoms with van der Waals surface area (Å²) in [6.45, 7) is 2.92. The van der Waals surface area contributed by atoms with Crippen LogP contribution in [0.2, 0.25) is 5.02 Å². The van der Waals surface area contributed by atoms with Gasteiger partial charge in [0.05, 0.1) is 18.7 Å². The Morgan fingerprint density at radius 1 is 1.30 bits per heavy atom. The Kier molecular flexibility index (Phi) is 6.01. The largest absolute Gasteiger partial charge is 0.495 e. The number of halogens is 1. The lowest BCUT2D eigenvalue weighted by Crippen LogP contribution is -2.30. The second kappa shape index (κ2) is 8.44. The van der Waals surface area contributed by atoms with Crippen LogP contribution in [-0.2, 0) is 16.0 Å². The highest BCUT2D eigenvalue weighted by Gasteiger charge is 2.34. The molecule has 0 spiro atoms. The van der Waals surface area contributed by atoms with Gasteiger partial charge in [0.25, 0.3) is 0 Å². The summed E-state index contributed by atoms with van der Waals surface area (Å²) in [5, 5.41) is 3.46. The summed E-state index contributed by atoms with van der Waals surface area (Å²) < 4.78 is 5.30. The van der Waals surface area contributed by atoms with Crippen molar-refractivity contribution in [3.8, 4) is 5.75 Å². The minimum absolute atomic E-state index is 0.0188. The van der Waals surface area contributed by atoms with Gasteiger partial charge >= 0.3 is 0 Å². The molecule has 6 heteroatoms. The van der Waals surface area contributed by atoms with Crippen molar-refractivity contribution in [3.05, 3.63) is 58.6 Å². The Bertz CT molecular complexity index is 839. The fourth-order valence-corrected chi connectivity index (χ4v) is 3.39. The SMILES string of the molecule is COc1cc(Cl)c(C)cc1NC(=O)C1CC(=O)N(CCc2ccccc2)C1. The molecule has 0 radical (unpaired) electrons. The first-order chi connectivity index (χ1) is 13.0. The highest BCUT2D eigenvalue weighted by Crippen LogP contribution is 2.32. The van der Waals surface area contributed by atoms with Crippen molar-refractivity contribution in [3.63, 3.8) is 0 Å². The first-order valence-electron chi connectivity index (χ1n) is 8.94. The van der Waals surface area contributed by atoms with Crippen LogP contribution >= 0.6 is 11.6 Å². The molecule has 1 aliphatic rings. The molecule has 1 unspecified atom stereocenters. The Hall–Kier alpha value is -2.53. The monoisotopic (exact) mass is 386 g/mol. The van der Waals surface area contributed by atoms with Gasteiger partial charge in [-0.05, 0) is 30.5 Å². The van der Waals surface area contributed by atoms with Crippen molar-refractivity contribution < 1.29 is 14.3 Å². The summed E-state index contributed by atoms with van der Waals surface area (Å²) in [5.74, 6) is -0.0194. The van der Waals surface area contributed by atoms with E-state index in [-0.39, 0.29) is 24.2 Å². The van der Waals surface area contributed by atoms with Crippen LogP contribution in [0.3, 0.4) is 0 Å². The summed E-state index contributed by atoms with van der Waals surface area (Å²) in [5.41, 5.74) is 2.60. The molecule has 1 heterocycles.